The van der Waals surface area contributed by atoms with E-state index in [1.54, 1.807) is 6.07 Å². The summed E-state index contributed by atoms with van der Waals surface area (Å²) in [4.78, 5) is 27.3. The first-order valence-electron chi connectivity index (χ1n) is 6.55. The number of hydrogen-bond acceptors (Lipinski definition) is 8. The van der Waals surface area contributed by atoms with Crippen molar-refractivity contribution in [3.8, 4) is 0 Å². The SMILES string of the molecule is O=C(COC(=O)CSc1nc2ccccc2o1)Nc1ccon1. The van der Waals surface area contributed by atoms with Crippen molar-refractivity contribution in [3.05, 3.63) is 36.6 Å². The second-order valence-corrected chi connectivity index (χ2v) is 5.26. The summed E-state index contributed by atoms with van der Waals surface area (Å²) in [5.74, 6) is -0.803. The van der Waals surface area contributed by atoms with Gasteiger partial charge in [0.1, 0.15) is 17.5 Å². The Morgan fingerprint density at radius 3 is 2.91 bits per heavy atom. The molecule has 3 aromatic rings. The minimum absolute atomic E-state index is 0.00986. The van der Waals surface area contributed by atoms with Crippen LogP contribution in [0.3, 0.4) is 0 Å². The van der Waals surface area contributed by atoms with E-state index in [4.69, 9.17) is 9.15 Å². The Hall–Kier alpha value is -2.81. The van der Waals surface area contributed by atoms with Gasteiger partial charge in [0.05, 0.1) is 0 Å². The molecule has 0 saturated carbocycles. The van der Waals surface area contributed by atoms with Gasteiger partial charge in [-0.2, -0.15) is 0 Å². The van der Waals surface area contributed by atoms with Crippen LogP contribution in [0.4, 0.5) is 5.82 Å². The fourth-order valence-electron chi connectivity index (χ4n) is 1.68. The van der Waals surface area contributed by atoms with Crippen LogP contribution in [-0.2, 0) is 14.3 Å². The maximum Gasteiger partial charge on any atom is 0.316 e. The molecule has 0 aliphatic heterocycles. The number of carbonyl (C=O) groups is 2. The number of oxazole rings is 1. The minimum atomic E-state index is -0.549. The molecule has 2 aromatic heterocycles. The lowest BCUT2D eigenvalue weighted by atomic mass is 10.3. The van der Waals surface area contributed by atoms with Crippen LogP contribution < -0.4 is 5.32 Å². The number of anilines is 1. The molecule has 0 atom stereocenters. The molecule has 0 aliphatic rings. The molecule has 118 valence electrons. The van der Waals surface area contributed by atoms with E-state index < -0.39 is 18.5 Å². The van der Waals surface area contributed by atoms with Crippen LogP contribution in [0.25, 0.3) is 11.1 Å². The van der Waals surface area contributed by atoms with E-state index in [-0.39, 0.29) is 11.6 Å². The van der Waals surface area contributed by atoms with Gasteiger partial charge >= 0.3 is 5.97 Å². The Labute approximate surface area is 134 Å². The number of carbonyl (C=O) groups excluding carboxylic acids is 2. The number of thioether (sulfide) groups is 1. The summed E-state index contributed by atoms with van der Waals surface area (Å²) in [6.07, 6.45) is 1.32. The van der Waals surface area contributed by atoms with Crippen molar-refractivity contribution in [1.29, 1.82) is 0 Å². The Kier molecular flexibility index (Phi) is 4.57. The van der Waals surface area contributed by atoms with Crippen molar-refractivity contribution < 1.29 is 23.3 Å². The molecule has 0 radical (unpaired) electrons. The maximum absolute atomic E-state index is 11.6. The zero-order chi connectivity index (χ0) is 16.1. The molecule has 1 amide bonds. The first-order valence-corrected chi connectivity index (χ1v) is 7.53. The van der Waals surface area contributed by atoms with E-state index in [1.807, 2.05) is 18.2 Å². The van der Waals surface area contributed by atoms with E-state index >= 15 is 0 Å². The molecular weight excluding hydrogens is 322 g/mol. The third-order valence-electron chi connectivity index (χ3n) is 2.66. The van der Waals surface area contributed by atoms with Gasteiger partial charge in [0.2, 0.25) is 0 Å². The molecule has 2 heterocycles. The largest absolute Gasteiger partial charge is 0.455 e. The number of benzene rings is 1. The normalized spacial score (nSPS) is 10.6. The predicted octanol–water partition coefficient (Wildman–Crippen LogP) is 2.09. The number of hydrogen-bond donors (Lipinski definition) is 1. The topological polar surface area (TPSA) is 107 Å². The van der Waals surface area contributed by atoms with E-state index in [9.17, 15) is 9.59 Å². The lowest BCUT2D eigenvalue weighted by molar-refractivity contribution is -0.144. The van der Waals surface area contributed by atoms with Crippen LogP contribution in [0.5, 0.6) is 0 Å². The Morgan fingerprint density at radius 2 is 2.13 bits per heavy atom. The molecule has 0 aliphatic carbocycles. The number of nitrogens with zero attached hydrogens (tertiary/aromatic N) is 2. The second kappa shape index (κ2) is 6.97. The molecule has 3 rings (SSSR count). The number of para-hydroxylation sites is 2. The van der Waals surface area contributed by atoms with Gasteiger partial charge in [-0.3, -0.25) is 9.59 Å². The van der Waals surface area contributed by atoms with Crippen molar-refractivity contribution in [3.63, 3.8) is 0 Å². The molecule has 0 bridgehead atoms. The zero-order valence-electron chi connectivity index (χ0n) is 11.7. The average molecular weight is 333 g/mol. The van der Waals surface area contributed by atoms with Gasteiger partial charge in [0, 0.05) is 6.07 Å². The van der Waals surface area contributed by atoms with Gasteiger partial charge in [0.25, 0.3) is 11.1 Å². The summed E-state index contributed by atoms with van der Waals surface area (Å²) in [5.41, 5.74) is 1.37. The smallest absolute Gasteiger partial charge is 0.316 e. The van der Waals surface area contributed by atoms with Crippen molar-refractivity contribution in [1.82, 2.24) is 10.1 Å². The quantitative estimate of drug-likeness (QED) is 0.540. The van der Waals surface area contributed by atoms with Gasteiger partial charge in [-0.25, -0.2) is 4.98 Å². The van der Waals surface area contributed by atoms with Crippen LogP contribution in [0.1, 0.15) is 0 Å². The van der Waals surface area contributed by atoms with Crippen LogP contribution in [0.2, 0.25) is 0 Å². The van der Waals surface area contributed by atoms with Gasteiger partial charge in [-0.1, -0.05) is 29.1 Å². The second-order valence-electron chi connectivity index (χ2n) is 4.33. The zero-order valence-corrected chi connectivity index (χ0v) is 12.5. The van der Waals surface area contributed by atoms with E-state index in [0.717, 1.165) is 17.3 Å². The Bertz CT molecular complexity index is 782. The molecule has 23 heavy (non-hydrogen) atoms. The molecule has 1 aromatic carbocycles. The molecule has 0 fully saturated rings. The van der Waals surface area contributed by atoms with E-state index in [1.165, 1.54) is 12.3 Å². The van der Waals surface area contributed by atoms with Crippen LogP contribution in [0, 0.1) is 0 Å². The van der Waals surface area contributed by atoms with Gasteiger partial charge in [-0.05, 0) is 12.1 Å². The Balaban J connectivity index is 1.43. The predicted molar refractivity (Wildman–Crippen MR) is 80.8 cm³/mol. The highest BCUT2D eigenvalue weighted by molar-refractivity contribution is 7.99. The van der Waals surface area contributed by atoms with Gasteiger partial charge in [0.15, 0.2) is 18.0 Å². The Morgan fingerprint density at radius 1 is 1.26 bits per heavy atom. The highest BCUT2D eigenvalue weighted by Gasteiger charge is 2.12. The lowest BCUT2D eigenvalue weighted by Gasteiger charge is -2.03. The summed E-state index contributed by atoms with van der Waals surface area (Å²) in [5, 5.41) is 6.29. The van der Waals surface area contributed by atoms with E-state index in [0.29, 0.717) is 10.8 Å². The molecule has 0 saturated heterocycles. The third-order valence-corrected chi connectivity index (χ3v) is 3.46. The molecule has 0 unspecified atom stereocenters. The highest BCUT2D eigenvalue weighted by atomic mass is 32.2. The number of rotatable bonds is 6. The molecule has 1 N–H and O–H groups in total. The first-order chi connectivity index (χ1) is 11.2. The summed E-state index contributed by atoms with van der Waals surface area (Å²) in [6, 6.07) is 8.77. The number of ether oxygens (including phenoxy) is 1. The fourth-order valence-corrected chi connectivity index (χ4v) is 2.31. The van der Waals surface area contributed by atoms with Crippen LogP contribution in [-0.4, -0.2) is 34.4 Å². The number of amides is 1. The monoisotopic (exact) mass is 333 g/mol. The van der Waals surface area contributed by atoms with E-state index in [2.05, 4.69) is 20.0 Å². The number of aromatic nitrogens is 2. The highest BCUT2D eigenvalue weighted by Crippen LogP contribution is 2.23. The van der Waals surface area contributed by atoms with Crippen molar-refractivity contribution in [2.45, 2.75) is 5.22 Å². The number of esters is 1. The standard InChI is InChI=1S/C14H11N3O5S/c18-12(16-11-5-6-21-17-11)7-20-13(19)8-23-14-15-9-3-1-2-4-10(9)22-14/h1-6H,7-8H2,(H,16,17,18). The average Bonchev–Trinajstić information content (AvgIpc) is 3.19. The summed E-state index contributed by atoms with van der Waals surface area (Å²) in [6.45, 7) is -0.403. The van der Waals surface area contributed by atoms with Crippen molar-refractivity contribution in [2.24, 2.45) is 0 Å². The lowest BCUT2D eigenvalue weighted by Crippen LogP contribution is -2.21. The van der Waals surface area contributed by atoms with Gasteiger partial charge < -0.3 is 19.0 Å². The van der Waals surface area contributed by atoms with Crippen molar-refractivity contribution in [2.75, 3.05) is 17.7 Å². The molecular formula is C14H11N3O5S. The summed E-state index contributed by atoms with van der Waals surface area (Å²) < 4.78 is 14.9. The molecule has 9 heteroatoms. The number of nitrogens with one attached hydrogen (secondary N) is 1. The summed E-state index contributed by atoms with van der Waals surface area (Å²) in [7, 11) is 0. The minimum Gasteiger partial charge on any atom is -0.455 e. The first kappa shape index (κ1) is 15.1. The fraction of sp³-hybridized carbons (Fsp3) is 0.143. The maximum atomic E-state index is 11.6. The van der Waals surface area contributed by atoms with Crippen LogP contribution in [0.15, 0.2) is 50.8 Å². The molecule has 8 nitrogen and oxygen atoms in total. The summed E-state index contributed by atoms with van der Waals surface area (Å²) >= 11 is 1.10. The van der Waals surface area contributed by atoms with Crippen molar-refractivity contribution >= 4 is 40.6 Å². The van der Waals surface area contributed by atoms with Crippen LogP contribution >= 0.6 is 11.8 Å². The van der Waals surface area contributed by atoms with Gasteiger partial charge in [-0.15, -0.1) is 0 Å². The molecule has 0 spiro atoms. The number of fused-ring (bicyclic) bond motifs is 1. The third kappa shape index (κ3) is 4.10.